The zero-order valence-electron chi connectivity index (χ0n) is 20.0. The molecule has 3 N–H and O–H groups in total. The fourth-order valence-corrected chi connectivity index (χ4v) is 4.27. The first kappa shape index (κ1) is 23.1. The molecule has 1 aliphatic heterocycles. The summed E-state index contributed by atoms with van der Waals surface area (Å²) in [5.41, 5.74) is 8.26. The molecule has 1 unspecified atom stereocenters. The molecule has 0 saturated carbocycles. The second-order valence-electron chi connectivity index (χ2n) is 8.61. The number of phenolic OH excluding ortho intramolecular Hbond substituents is 1. The van der Waals surface area contributed by atoms with Gasteiger partial charge in [-0.1, -0.05) is 18.1 Å². The number of benzene rings is 1. The lowest BCUT2D eigenvalue weighted by Crippen LogP contribution is -2.35. The Bertz CT molecular complexity index is 1390. The van der Waals surface area contributed by atoms with Crippen molar-refractivity contribution in [3.8, 4) is 28.8 Å². The third kappa shape index (κ3) is 5.05. The van der Waals surface area contributed by atoms with Crippen molar-refractivity contribution in [1.29, 1.82) is 0 Å². The average molecular weight is 482 g/mol. The number of hydrogen-bond acceptors (Lipinski definition) is 9. The summed E-state index contributed by atoms with van der Waals surface area (Å²) in [5.74, 6) is 8.01. The van der Waals surface area contributed by atoms with Gasteiger partial charge in [0.2, 0.25) is 5.82 Å². The summed E-state index contributed by atoms with van der Waals surface area (Å²) in [6.45, 7) is 5.00. The van der Waals surface area contributed by atoms with E-state index < -0.39 is 0 Å². The highest BCUT2D eigenvalue weighted by molar-refractivity contribution is 5.74. The van der Waals surface area contributed by atoms with Crippen LogP contribution in [0.1, 0.15) is 19.2 Å². The second kappa shape index (κ2) is 10.3. The van der Waals surface area contributed by atoms with Crippen LogP contribution in [0.3, 0.4) is 0 Å². The maximum Gasteiger partial charge on any atom is 0.206 e. The molecule has 4 heterocycles. The minimum Gasteiger partial charge on any atom is -0.507 e. The van der Waals surface area contributed by atoms with Crippen molar-refractivity contribution >= 4 is 17.3 Å². The molecule has 1 aromatic carbocycles. The molecule has 0 radical (unpaired) electrons. The Labute approximate surface area is 209 Å². The highest BCUT2D eigenvalue weighted by Gasteiger charge is 2.24. The summed E-state index contributed by atoms with van der Waals surface area (Å²) < 4.78 is 1.90. The van der Waals surface area contributed by atoms with Gasteiger partial charge in [-0.25, -0.2) is 15.0 Å². The maximum absolute atomic E-state index is 10.3. The standard InChI is InChI=1S/C26H27N9O/c1-19-9-13-34(22-17-21(31-32-26(22)27)20-5-2-3-6-23(20)36)15-16-35(19)25-8-10-29-24(30-25)7-4-12-33-14-11-28-18-33/h2-3,5-6,8,10-11,14,17-19,36H,9,12-13,15-16H2,1H3,(H2,27,32). The molecule has 1 aliphatic rings. The van der Waals surface area contributed by atoms with Crippen molar-refractivity contribution < 1.29 is 5.11 Å². The van der Waals surface area contributed by atoms with E-state index in [2.05, 4.69) is 48.7 Å². The molecule has 182 valence electrons. The molecule has 5 rings (SSSR count). The molecule has 3 aromatic heterocycles. The number of nitrogen functional groups attached to an aromatic ring is 1. The van der Waals surface area contributed by atoms with E-state index >= 15 is 0 Å². The van der Waals surface area contributed by atoms with Gasteiger partial charge in [-0.05, 0) is 43.5 Å². The van der Waals surface area contributed by atoms with Gasteiger partial charge in [0.15, 0.2) is 5.82 Å². The van der Waals surface area contributed by atoms with E-state index in [1.54, 1.807) is 30.9 Å². The Kier molecular flexibility index (Phi) is 6.62. The molecule has 36 heavy (non-hydrogen) atoms. The molecular formula is C26H27N9O. The first-order valence-electron chi connectivity index (χ1n) is 11.8. The number of aromatic hydroxyl groups is 1. The van der Waals surface area contributed by atoms with Crippen LogP contribution in [-0.2, 0) is 6.54 Å². The third-order valence-corrected chi connectivity index (χ3v) is 6.24. The van der Waals surface area contributed by atoms with Crippen LogP contribution < -0.4 is 15.5 Å². The predicted octanol–water partition coefficient (Wildman–Crippen LogP) is 2.57. The Hall–Kier alpha value is -4.65. The zero-order chi connectivity index (χ0) is 24.9. The predicted molar refractivity (Wildman–Crippen MR) is 138 cm³/mol. The van der Waals surface area contributed by atoms with Gasteiger partial charge in [-0.15, -0.1) is 10.2 Å². The zero-order valence-corrected chi connectivity index (χ0v) is 20.0. The van der Waals surface area contributed by atoms with Gasteiger partial charge in [-0.3, -0.25) is 0 Å². The maximum atomic E-state index is 10.3. The Balaban J connectivity index is 1.33. The summed E-state index contributed by atoms with van der Waals surface area (Å²) >= 11 is 0. The van der Waals surface area contributed by atoms with Crippen LogP contribution in [0.2, 0.25) is 0 Å². The number of para-hydroxylation sites is 1. The molecular weight excluding hydrogens is 454 g/mol. The molecule has 0 spiro atoms. The van der Waals surface area contributed by atoms with Crippen LogP contribution in [0.25, 0.3) is 11.3 Å². The molecule has 0 aliphatic carbocycles. The first-order chi connectivity index (χ1) is 17.6. The van der Waals surface area contributed by atoms with Crippen molar-refractivity contribution in [1.82, 2.24) is 29.7 Å². The van der Waals surface area contributed by atoms with E-state index in [1.807, 2.05) is 35.0 Å². The SMILES string of the molecule is CC1CCN(c2cc(-c3ccccc3O)nnc2N)CCN1c1ccnc(C#CCn2ccnc2)n1. The molecule has 10 heteroatoms. The molecule has 1 fully saturated rings. The van der Waals surface area contributed by atoms with Gasteiger partial charge in [0.25, 0.3) is 0 Å². The van der Waals surface area contributed by atoms with Crippen molar-refractivity contribution in [2.24, 2.45) is 0 Å². The number of anilines is 3. The average Bonchev–Trinajstić information content (AvgIpc) is 3.33. The number of phenols is 1. The number of aromatic nitrogens is 6. The van der Waals surface area contributed by atoms with Crippen LogP contribution in [0.15, 0.2) is 61.3 Å². The van der Waals surface area contributed by atoms with Gasteiger partial charge in [0, 0.05) is 49.8 Å². The summed E-state index contributed by atoms with van der Waals surface area (Å²) in [6, 6.07) is 11.2. The third-order valence-electron chi connectivity index (χ3n) is 6.24. The van der Waals surface area contributed by atoms with Crippen molar-refractivity contribution in [3.63, 3.8) is 0 Å². The van der Waals surface area contributed by atoms with Crippen molar-refractivity contribution in [3.05, 3.63) is 67.1 Å². The molecule has 0 bridgehead atoms. The number of hydrogen-bond donors (Lipinski definition) is 2. The van der Waals surface area contributed by atoms with Crippen LogP contribution in [0.4, 0.5) is 17.3 Å². The van der Waals surface area contributed by atoms with Gasteiger partial charge in [0.05, 0.1) is 24.3 Å². The van der Waals surface area contributed by atoms with E-state index in [1.165, 1.54) is 0 Å². The normalized spacial score (nSPS) is 15.8. The van der Waals surface area contributed by atoms with Crippen molar-refractivity contribution in [2.75, 3.05) is 35.2 Å². The lowest BCUT2D eigenvalue weighted by Gasteiger charge is -2.28. The smallest absolute Gasteiger partial charge is 0.206 e. The largest absolute Gasteiger partial charge is 0.507 e. The monoisotopic (exact) mass is 481 g/mol. The van der Waals surface area contributed by atoms with E-state index in [0.29, 0.717) is 29.4 Å². The topological polar surface area (TPSA) is 122 Å². The Morgan fingerprint density at radius 3 is 2.83 bits per heavy atom. The molecule has 1 atom stereocenters. The molecule has 1 saturated heterocycles. The molecule has 0 amide bonds. The minimum atomic E-state index is 0.158. The summed E-state index contributed by atoms with van der Waals surface area (Å²) in [6.07, 6.45) is 7.98. The van der Waals surface area contributed by atoms with Gasteiger partial charge < -0.3 is 25.2 Å². The fourth-order valence-electron chi connectivity index (χ4n) is 4.27. The molecule has 10 nitrogen and oxygen atoms in total. The number of imidazole rings is 1. The van der Waals surface area contributed by atoms with Crippen molar-refractivity contribution in [2.45, 2.75) is 25.9 Å². The number of rotatable bonds is 4. The van der Waals surface area contributed by atoms with E-state index in [0.717, 1.165) is 37.6 Å². The highest BCUT2D eigenvalue weighted by Crippen LogP contribution is 2.32. The fraction of sp³-hybridized carbons (Fsp3) is 0.269. The second-order valence-corrected chi connectivity index (χ2v) is 8.61. The van der Waals surface area contributed by atoms with E-state index in [9.17, 15) is 5.11 Å². The lowest BCUT2D eigenvalue weighted by molar-refractivity contribution is 0.477. The van der Waals surface area contributed by atoms with Gasteiger partial charge in [0.1, 0.15) is 11.6 Å². The van der Waals surface area contributed by atoms with Crippen LogP contribution in [-0.4, -0.2) is 60.5 Å². The van der Waals surface area contributed by atoms with E-state index in [-0.39, 0.29) is 11.8 Å². The minimum absolute atomic E-state index is 0.158. The number of nitrogens with two attached hydrogens (primary N) is 1. The van der Waals surface area contributed by atoms with Gasteiger partial charge in [-0.2, -0.15) is 0 Å². The Morgan fingerprint density at radius 1 is 1.11 bits per heavy atom. The van der Waals surface area contributed by atoms with E-state index in [4.69, 9.17) is 10.7 Å². The van der Waals surface area contributed by atoms with Gasteiger partial charge >= 0.3 is 0 Å². The summed E-state index contributed by atoms with van der Waals surface area (Å²) in [7, 11) is 0. The summed E-state index contributed by atoms with van der Waals surface area (Å²) in [5, 5.41) is 18.6. The quantitative estimate of drug-likeness (QED) is 0.424. The Morgan fingerprint density at radius 2 is 2.00 bits per heavy atom. The van der Waals surface area contributed by atoms with Crippen LogP contribution in [0.5, 0.6) is 5.75 Å². The highest BCUT2D eigenvalue weighted by atomic mass is 16.3. The molecule has 4 aromatic rings. The lowest BCUT2D eigenvalue weighted by atomic mass is 10.1. The number of nitrogens with zero attached hydrogens (tertiary/aromatic N) is 8. The summed E-state index contributed by atoms with van der Waals surface area (Å²) in [4.78, 5) is 17.6. The van der Waals surface area contributed by atoms with Crippen LogP contribution in [0, 0.1) is 11.8 Å². The van der Waals surface area contributed by atoms with Crippen LogP contribution >= 0.6 is 0 Å². The first-order valence-corrected chi connectivity index (χ1v) is 11.8.